The fourth-order valence-corrected chi connectivity index (χ4v) is 7.07. The van der Waals surface area contributed by atoms with E-state index in [4.69, 9.17) is 5.73 Å². The molecule has 1 aliphatic rings. The number of carbonyl (C=O) groups is 1. The van der Waals surface area contributed by atoms with Crippen molar-refractivity contribution in [2.75, 3.05) is 11.6 Å². The number of nitrogens with zero attached hydrogens (tertiary/aromatic N) is 3. The van der Waals surface area contributed by atoms with Crippen molar-refractivity contribution in [3.8, 4) is 11.4 Å². The van der Waals surface area contributed by atoms with E-state index in [0.29, 0.717) is 23.8 Å². The molecule has 8 nitrogen and oxygen atoms in total. The molecule has 184 valence electrons. The summed E-state index contributed by atoms with van der Waals surface area (Å²) in [5.41, 5.74) is 7.90. The van der Waals surface area contributed by atoms with E-state index in [9.17, 15) is 17.6 Å². The van der Waals surface area contributed by atoms with Crippen molar-refractivity contribution in [3.05, 3.63) is 66.0 Å². The Labute approximate surface area is 206 Å². The van der Waals surface area contributed by atoms with E-state index in [-0.39, 0.29) is 28.9 Å². The molecule has 3 N–H and O–H groups in total. The number of benzene rings is 1. The highest BCUT2D eigenvalue weighted by atomic mass is 32.2. The molecular formula is C24H27FN5O3PS. The summed E-state index contributed by atoms with van der Waals surface area (Å²) in [6.45, 7) is 1.89. The molecule has 0 bridgehead atoms. The van der Waals surface area contributed by atoms with Gasteiger partial charge in [0, 0.05) is 24.7 Å². The Morgan fingerprint density at radius 3 is 2.66 bits per heavy atom. The van der Waals surface area contributed by atoms with Crippen LogP contribution in [0.1, 0.15) is 41.7 Å². The molecule has 11 heteroatoms. The zero-order chi connectivity index (χ0) is 25.3. The lowest BCUT2D eigenvalue weighted by Crippen LogP contribution is -2.48. The van der Waals surface area contributed by atoms with Crippen LogP contribution in [-0.2, 0) is 9.84 Å². The van der Waals surface area contributed by atoms with Gasteiger partial charge in [-0.2, -0.15) is 0 Å². The van der Waals surface area contributed by atoms with Gasteiger partial charge in [-0.05, 0) is 53.7 Å². The summed E-state index contributed by atoms with van der Waals surface area (Å²) >= 11 is 0. The molecule has 0 saturated heterocycles. The number of halogens is 1. The number of anilines is 1. The molecule has 35 heavy (non-hydrogen) atoms. The van der Waals surface area contributed by atoms with Gasteiger partial charge in [0.05, 0.1) is 22.7 Å². The fraction of sp³-hybridized carbons (Fsp3) is 0.333. The Bertz CT molecular complexity index is 1340. The van der Waals surface area contributed by atoms with E-state index < -0.39 is 32.9 Å². The van der Waals surface area contributed by atoms with Crippen molar-refractivity contribution in [2.45, 2.75) is 37.0 Å². The number of pyridine rings is 1. The standard InChI is InChI=1S/C24H27FN5O3PS/c1-13-10-14(11-17(26)22(13)35(2,32)33)15-6-8-27-12-19(15)30-24(31)18-7-9-28-23(29-18)21-16(25)4-3-5-20(21)34/h3-9,12-14,17,22H,10-11,26,34H2,1-2H3,(H,30,31). The van der Waals surface area contributed by atoms with Gasteiger partial charge >= 0.3 is 0 Å². The first-order valence-electron chi connectivity index (χ1n) is 11.1. The van der Waals surface area contributed by atoms with Gasteiger partial charge in [-0.3, -0.25) is 9.78 Å². The van der Waals surface area contributed by atoms with E-state index in [1.165, 1.54) is 24.6 Å². The first-order chi connectivity index (χ1) is 16.6. The molecule has 0 radical (unpaired) electrons. The quantitative estimate of drug-likeness (QED) is 0.500. The third kappa shape index (κ3) is 5.39. The first-order valence-corrected chi connectivity index (χ1v) is 13.7. The second-order valence-corrected chi connectivity index (χ2v) is 11.8. The predicted octanol–water partition coefficient (Wildman–Crippen LogP) is 2.68. The van der Waals surface area contributed by atoms with Crippen LogP contribution in [0.25, 0.3) is 11.4 Å². The molecule has 4 rings (SSSR count). The molecular weight excluding hydrogens is 488 g/mol. The number of amides is 1. The van der Waals surface area contributed by atoms with Crippen LogP contribution in [0.15, 0.2) is 48.9 Å². The average Bonchev–Trinajstić information content (AvgIpc) is 2.78. The predicted molar refractivity (Wildman–Crippen MR) is 137 cm³/mol. The second kappa shape index (κ2) is 10.0. The zero-order valence-electron chi connectivity index (χ0n) is 19.3. The number of rotatable bonds is 5. The molecule has 1 aliphatic carbocycles. The monoisotopic (exact) mass is 515 g/mol. The van der Waals surface area contributed by atoms with Crippen molar-refractivity contribution < 1.29 is 17.6 Å². The van der Waals surface area contributed by atoms with Gasteiger partial charge in [-0.15, -0.1) is 9.24 Å². The summed E-state index contributed by atoms with van der Waals surface area (Å²) in [6, 6.07) is 7.36. The van der Waals surface area contributed by atoms with E-state index in [1.54, 1.807) is 24.5 Å². The highest BCUT2D eigenvalue weighted by Gasteiger charge is 2.40. The van der Waals surface area contributed by atoms with Gasteiger partial charge in [0.1, 0.15) is 11.5 Å². The molecule has 0 aliphatic heterocycles. The summed E-state index contributed by atoms with van der Waals surface area (Å²) in [5, 5.41) is 2.83. The fourth-order valence-electron chi connectivity index (χ4n) is 4.99. The zero-order valence-corrected chi connectivity index (χ0v) is 21.3. The van der Waals surface area contributed by atoms with Gasteiger partial charge in [0.2, 0.25) is 0 Å². The number of aromatic nitrogens is 3. The second-order valence-electron chi connectivity index (χ2n) is 8.99. The number of nitrogens with two attached hydrogens (primary N) is 1. The lowest BCUT2D eigenvalue weighted by molar-refractivity contribution is 0.102. The van der Waals surface area contributed by atoms with Gasteiger partial charge in [-0.1, -0.05) is 19.1 Å². The third-order valence-electron chi connectivity index (χ3n) is 6.39. The summed E-state index contributed by atoms with van der Waals surface area (Å²) in [5.74, 6) is -1.06. The Balaban J connectivity index is 1.59. The minimum absolute atomic E-state index is 0.0460. The number of carbonyl (C=O) groups excluding carboxylic acids is 1. The molecule has 1 aromatic carbocycles. The van der Waals surface area contributed by atoms with Gasteiger partial charge < -0.3 is 11.1 Å². The van der Waals surface area contributed by atoms with Crippen LogP contribution in [0.4, 0.5) is 10.1 Å². The highest BCUT2D eigenvalue weighted by molar-refractivity contribution is 7.91. The van der Waals surface area contributed by atoms with E-state index in [1.807, 2.05) is 13.0 Å². The van der Waals surface area contributed by atoms with Crippen molar-refractivity contribution in [1.29, 1.82) is 0 Å². The smallest absolute Gasteiger partial charge is 0.274 e. The SMILES string of the molecule is CC1CC(c2ccncc2NC(=O)c2ccnc(-c3c(F)cccc3P)n2)CC(N)C1S(C)(=O)=O. The Hall–Kier alpha value is -2.81. The number of sulfone groups is 1. The highest BCUT2D eigenvalue weighted by Crippen LogP contribution is 2.40. The first kappa shape index (κ1) is 25.3. The van der Waals surface area contributed by atoms with Crippen LogP contribution in [0.2, 0.25) is 0 Å². The van der Waals surface area contributed by atoms with Gasteiger partial charge in [0.25, 0.3) is 5.91 Å². The van der Waals surface area contributed by atoms with E-state index in [2.05, 4.69) is 29.5 Å². The normalized spacial score (nSPS) is 22.5. The molecule has 1 saturated carbocycles. The van der Waals surface area contributed by atoms with Crippen LogP contribution >= 0.6 is 9.24 Å². The van der Waals surface area contributed by atoms with Crippen molar-refractivity contribution in [3.63, 3.8) is 0 Å². The maximum atomic E-state index is 14.4. The molecule has 5 atom stereocenters. The summed E-state index contributed by atoms with van der Waals surface area (Å²) < 4.78 is 38.8. The molecule has 2 aromatic heterocycles. The maximum absolute atomic E-state index is 14.4. The van der Waals surface area contributed by atoms with Crippen molar-refractivity contribution >= 4 is 36.0 Å². The van der Waals surface area contributed by atoms with Crippen LogP contribution in [0.3, 0.4) is 0 Å². The van der Waals surface area contributed by atoms with Crippen LogP contribution in [0, 0.1) is 11.7 Å². The molecule has 5 unspecified atom stereocenters. The van der Waals surface area contributed by atoms with Crippen LogP contribution < -0.4 is 16.4 Å². The average molecular weight is 516 g/mol. The number of nitrogens with one attached hydrogen (secondary N) is 1. The van der Waals surface area contributed by atoms with Gasteiger partial charge in [-0.25, -0.2) is 22.8 Å². The van der Waals surface area contributed by atoms with E-state index in [0.717, 1.165) is 5.56 Å². The molecule has 1 amide bonds. The Morgan fingerprint density at radius 1 is 1.20 bits per heavy atom. The third-order valence-corrected chi connectivity index (χ3v) is 8.67. The van der Waals surface area contributed by atoms with Crippen LogP contribution in [-0.4, -0.2) is 46.8 Å². The van der Waals surface area contributed by atoms with E-state index >= 15 is 0 Å². The number of hydrogen-bond acceptors (Lipinski definition) is 7. The Morgan fingerprint density at radius 2 is 1.97 bits per heavy atom. The molecule has 2 heterocycles. The van der Waals surface area contributed by atoms with Crippen LogP contribution in [0.5, 0.6) is 0 Å². The summed E-state index contributed by atoms with van der Waals surface area (Å²) in [7, 11) is -0.838. The molecule has 0 spiro atoms. The Kier molecular flexibility index (Phi) is 7.26. The molecule has 3 aromatic rings. The topological polar surface area (TPSA) is 128 Å². The maximum Gasteiger partial charge on any atom is 0.274 e. The lowest BCUT2D eigenvalue weighted by atomic mass is 9.76. The summed E-state index contributed by atoms with van der Waals surface area (Å²) in [6.07, 6.45) is 6.89. The van der Waals surface area contributed by atoms with Gasteiger partial charge in [0.15, 0.2) is 15.7 Å². The largest absolute Gasteiger partial charge is 0.326 e. The minimum Gasteiger partial charge on any atom is -0.326 e. The minimum atomic E-state index is -3.28. The van der Waals surface area contributed by atoms with Crippen molar-refractivity contribution in [2.24, 2.45) is 11.7 Å². The van der Waals surface area contributed by atoms with Crippen molar-refractivity contribution in [1.82, 2.24) is 15.0 Å². The summed E-state index contributed by atoms with van der Waals surface area (Å²) in [4.78, 5) is 25.6. The number of hydrogen-bond donors (Lipinski definition) is 2. The lowest BCUT2D eigenvalue weighted by Gasteiger charge is -2.38. The molecule has 1 fully saturated rings.